The second kappa shape index (κ2) is 10.6. The minimum absolute atomic E-state index is 0.0202. The predicted molar refractivity (Wildman–Crippen MR) is 190 cm³/mol. The lowest BCUT2D eigenvalue weighted by atomic mass is 9.36. The number of hydrogen-bond acceptors (Lipinski definition) is 13. The van der Waals surface area contributed by atoms with E-state index < -0.39 is 135 Å². The van der Waals surface area contributed by atoms with E-state index in [1.807, 2.05) is 46.8 Å². The summed E-state index contributed by atoms with van der Waals surface area (Å²) >= 11 is 0. The number of carbonyl (C=O) groups excluding carboxylic acids is 5. The Bertz CT molecular complexity index is 2130. The Morgan fingerprint density at radius 2 is 1.68 bits per heavy atom. The molecule has 10 aliphatic rings. The Morgan fingerprint density at radius 3 is 2.36 bits per heavy atom. The van der Waals surface area contributed by atoms with Gasteiger partial charge >= 0.3 is 0 Å². The Hall–Kier alpha value is -3.37. The summed E-state index contributed by atoms with van der Waals surface area (Å²) in [5, 5.41) is 64.9. The first-order valence-corrected chi connectivity index (χ1v) is 19.9. The lowest BCUT2D eigenvalue weighted by molar-refractivity contribution is -0.379. The van der Waals surface area contributed by atoms with Crippen LogP contribution in [0.3, 0.4) is 0 Å². The van der Waals surface area contributed by atoms with Gasteiger partial charge < -0.3 is 45.1 Å². The minimum atomic E-state index is -3.36. The van der Waals surface area contributed by atoms with Gasteiger partial charge in [0.05, 0.1) is 47.8 Å². The summed E-state index contributed by atoms with van der Waals surface area (Å²) < 4.78 is 19.2. The number of rotatable bonds is 2. The zero-order valence-corrected chi connectivity index (χ0v) is 32.4. The molecule has 1 amide bonds. The standard InChI is InChI=1S/C42H49NO13/c1-14(2)10-21-25-17(5)16(4)12-20-11-15(3)8-9-22(44)28-23-24(30(47)38(20,25)36(51)43-21)32-39-19(7)27(45)31(48)42(53,56-28)41(39,33(23)55-32)40(52)29(46)18(6)26-34(49)54-13-37(26,39)35(40)50/h11-12,14,17,20-25,28,32-34,44-45,49,52-53H,8-10,13H2,1-7H3,(H,43,51). The molecule has 3 spiro atoms. The van der Waals surface area contributed by atoms with E-state index in [-0.39, 0.29) is 41.4 Å². The molecule has 17 unspecified atom stereocenters. The number of nitrogens with one attached hydrogen (secondary N) is 1. The summed E-state index contributed by atoms with van der Waals surface area (Å²) in [5.74, 6) is -13.4. The number of aliphatic hydroxyl groups excluding tert-OH is 3. The average molecular weight is 776 g/mol. The number of fused-ring (bicyclic) bond motifs is 3. The van der Waals surface area contributed by atoms with Crippen LogP contribution >= 0.6 is 0 Å². The molecule has 300 valence electrons. The first-order valence-electron chi connectivity index (χ1n) is 19.9. The molecule has 10 rings (SSSR count). The minimum Gasteiger partial charge on any atom is -0.504 e. The highest BCUT2D eigenvalue weighted by Gasteiger charge is 3.05. The summed E-state index contributed by atoms with van der Waals surface area (Å²) in [6.07, 6.45) is -3.43. The van der Waals surface area contributed by atoms with Gasteiger partial charge in [-0.1, -0.05) is 44.1 Å². The first kappa shape index (κ1) is 36.9. The van der Waals surface area contributed by atoms with E-state index in [1.54, 1.807) is 0 Å². The third kappa shape index (κ3) is 3.23. The molecule has 0 aromatic rings. The van der Waals surface area contributed by atoms with Gasteiger partial charge in [0, 0.05) is 34.9 Å². The van der Waals surface area contributed by atoms with E-state index in [0.717, 1.165) is 11.1 Å². The Kier molecular flexibility index (Phi) is 7.01. The average Bonchev–Trinajstić information content (AvgIpc) is 3.89. The van der Waals surface area contributed by atoms with Crippen LogP contribution in [0.15, 0.2) is 45.8 Å². The van der Waals surface area contributed by atoms with E-state index in [1.165, 1.54) is 13.8 Å². The summed E-state index contributed by atoms with van der Waals surface area (Å²) in [4.78, 5) is 76.3. The molecule has 0 aromatic carbocycles. The fourth-order valence-corrected chi connectivity index (χ4v) is 15.0. The molecule has 1 saturated carbocycles. The Balaban J connectivity index is 1.33. The predicted octanol–water partition coefficient (Wildman–Crippen LogP) is 1.05. The van der Waals surface area contributed by atoms with E-state index in [2.05, 4.69) is 5.32 Å². The van der Waals surface area contributed by atoms with Crippen LogP contribution in [0, 0.1) is 57.2 Å². The SMILES string of the molecule is CC1=CC2C=C(C)C(C)C3C(CC(C)C)NC(=O)C23C(=O)C2C3C(OC4(O)C(=O)C(O)=C(C)C56C2OC3C45C2(O)C(=O)C(C)=C3C(O)OCC36C2=O)C(O)CC1. The van der Waals surface area contributed by atoms with Crippen molar-refractivity contribution in [2.24, 2.45) is 57.2 Å². The summed E-state index contributed by atoms with van der Waals surface area (Å²) in [7, 11) is 0. The molecule has 6 fully saturated rings. The monoisotopic (exact) mass is 775 g/mol. The Labute approximate surface area is 323 Å². The van der Waals surface area contributed by atoms with Gasteiger partial charge in [0.25, 0.3) is 5.78 Å². The van der Waals surface area contributed by atoms with Gasteiger partial charge in [-0.15, -0.1) is 0 Å². The molecule has 6 N–H and O–H groups in total. The summed E-state index contributed by atoms with van der Waals surface area (Å²) in [6.45, 7) is 11.9. The highest BCUT2D eigenvalue weighted by atomic mass is 16.7. The number of aliphatic hydroxyl groups is 5. The van der Waals surface area contributed by atoms with Crippen LogP contribution in [0.1, 0.15) is 67.7 Å². The topological polar surface area (TPSA) is 226 Å². The number of ketones is 4. The maximum absolute atomic E-state index is 16.5. The number of hydrogen-bond donors (Lipinski definition) is 6. The van der Waals surface area contributed by atoms with Gasteiger partial charge in [0.1, 0.15) is 10.8 Å². The molecule has 14 nitrogen and oxygen atoms in total. The van der Waals surface area contributed by atoms with Crippen LogP contribution in [-0.4, -0.2) is 109 Å². The lowest BCUT2D eigenvalue weighted by Gasteiger charge is -2.67. The van der Waals surface area contributed by atoms with Crippen molar-refractivity contribution in [3.05, 3.63) is 45.8 Å². The van der Waals surface area contributed by atoms with E-state index >= 15 is 14.4 Å². The molecule has 0 aromatic heterocycles. The summed E-state index contributed by atoms with van der Waals surface area (Å²) in [6, 6.07) is -0.407. The molecule has 0 radical (unpaired) electrons. The van der Waals surface area contributed by atoms with Gasteiger partial charge in [-0.2, -0.15) is 0 Å². The highest BCUT2D eigenvalue weighted by Crippen LogP contribution is 2.89. The molecule has 17 atom stereocenters. The van der Waals surface area contributed by atoms with Crippen molar-refractivity contribution in [2.75, 3.05) is 6.61 Å². The normalized spacial score (nSPS) is 53.8. The highest BCUT2D eigenvalue weighted by molar-refractivity contribution is 6.28. The second-order valence-corrected chi connectivity index (χ2v) is 19.0. The van der Waals surface area contributed by atoms with Crippen molar-refractivity contribution in [3.63, 3.8) is 0 Å². The van der Waals surface area contributed by atoms with E-state index in [4.69, 9.17) is 14.2 Å². The van der Waals surface area contributed by atoms with Crippen LogP contribution in [0.25, 0.3) is 0 Å². The molecule has 14 heteroatoms. The molecule has 56 heavy (non-hydrogen) atoms. The molecular formula is C42H49NO13. The third-order valence-electron chi connectivity index (χ3n) is 16.7. The van der Waals surface area contributed by atoms with Gasteiger partial charge in [-0.05, 0) is 64.4 Å². The molecule has 5 aliphatic heterocycles. The summed E-state index contributed by atoms with van der Waals surface area (Å²) in [5.41, 5.74) is -11.2. The molecule has 5 heterocycles. The second-order valence-electron chi connectivity index (χ2n) is 19.0. The zero-order chi connectivity index (χ0) is 40.4. The Morgan fingerprint density at radius 1 is 0.982 bits per heavy atom. The fraction of sp³-hybridized carbons (Fsp3) is 0.690. The van der Waals surface area contributed by atoms with Gasteiger partial charge in [-0.3, -0.25) is 24.0 Å². The quantitative estimate of drug-likeness (QED) is 0.171. The number of amides is 1. The largest absolute Gasteiger partial charge is 0.504 e. The molecule has 4 bridgehead atoms. The van der Waals surface area contributed by atoms with Gasteiger partial charge in [-0.25, -0.2) is 0 Å². The molecule has 5 saturated heterocycles. The van der Waals surface area contributed by atoms with Crippen molar-refractivity contribution in [2.45, 2.75) is 116 Å². The molecule has 5 aliphatic carbocycles. The third-order valence-corrected chi connectivity index (χ3v) is 16.7. The van der Waals surface area contributed by atoms with E-state index in [9.17, 15) is 35.1 Å². The maximum Gasteiger partial charge on any atom is 0.256 e. The van der Waals surface area contributed by atoms with Crippen molar-refractivity contribution >= 4 is 29.0 Å². The first-order chi connectivity index (χ1) is 26.2. The number of carbonyl (C=O) groups is 5. The maximum atomic E-state index is 16.5. The molecular weight excluding hydrogens is 726 g/mol. The number of ether oxygens (including phenoxy) is 3. The van der Waals surface area contributed by atoms with Crippen LogP contribution in [0.2, 0.25) is 0 Å². The van der Waals surface area contributed by atoms with Crippen LogP contribution < -0.4 is 5.32 Å². The van der Waals surface area contributed by atoms with Gasteiger partial charge in [0.15, 0.2) is 29.4 Å². The van der Waals surface area contributed by atoms with Crippen molar-refractivity contribution in [1.29, 1.82) is 0 Å². The zero-order valence-electron chi connectivity index (χ0n) is 32.4. The van der Waals surface area contributed by atoms with Crippen LogP contribution in [0.4, 0.5) is 0 Å². The van der Waals surface area contributed by atoms with Crippen molar-refractivity contribution < 1.29 is 63.7 Å². The van der Waals surface area contributed by atoms with Crippen molar-refractivity contribution in [3.8, 4) is 0 Å². The van der Waals surface area contributed by atoms with Crippen molar-refractivity contribution in [1.82, 2.24) is 5.32 Å². The number of allylic oxidation sites excluding steroid dienone is 4. The van der Waals surface area contributed by atoms with E-state index in [0.29, 0.717) is 6.42 Å². The smallest absolute Gasteiger partial charge is 0.256 e. The number of Topliss-reactive ketones (excluding diaryl/α,β-unsaturated/α-hetero) is 4. The fourth-order valence-electron chi connectivity index (χ4n) is 15.0. The van der Waals surface area contributed by atoms with Crippen LogP contribution in [0.5, 0.6) is 0 Å². The van der Waals surface area contributed by atoms with Crippen LogP contribution in [-0.2, 0) is 38.2 Å². The lowest BCUT2D eigenvalue weighted by Crippen LogP contribution is -2.84. The van der Waals surface area contributed by atoms with Gasteiger partial charge in [0.2, 0.25) is 17.3 Å².